The average molecular weight is 500 g/mol. The Bertz CT molecular complexity index is 1160. The summed E-state index contributed by atoms with van der Waals surface area (Å²) in [5.74, 6) is 0.398. The molecule has 1 amide bonds. The lowest BCUT2D eigenvalue weighted by molar-refractivity contribution is -0.121. The first-order valence-electron chi connectivity index (χ1n) is 9.94. The molecule has 0 saturated heterocycles. The summed E-state index contributed by atoms with van der Waals surface area (Å²) in [4.78, 5) is 12.8. The van der Waals surface area contributed by atoms with E-state index in [0.29, 0.717) is 17.2 Å². The van der Waals surface area contributed by atoms with E-state index in [1.54, 1.807) is 18.2 Å². The van der Waals surface area contributed by atoms with Crippen LogP contribution >= 0.6 is 0 Å². The maximum atomic E-state index is 12.6. The zero-order valence-corrected chi connectivity index (χ0v) is 20.8. The molecular formula is C21H29N3O7S2. The quantitative estimate of drug-likeness (QED) is 0.462. The zero-order chi connectivity index (χ0) is 24.8. The van der Waals surface area contributed by atoms with Gasteiger partial charge in [-0.25, -0.2) is 21.1 Å². The van der Waals surface area contributed by atoms with Gasteiger partial charge in [0.05, 0.1) is 30.5 Å². The standard InChI is InChI=1S/C21H29N3O7S2/c1-16(24(32(5,26)27)17-7-6-8-19(15-17)30-4)21(25)22-13-14-31-18-9-11-20(12-10-18)33(28,29)23(2)3/h6-12,15-16H,13-14H2,1-5H3,(H,22,25)/t16-/m0/s1. The van der Waals surface area contributed by atoms with Crippen LogP contribution in [-0.4, -0.2) is 73.7 Å². The molecule has 2 aromatic carbocycles. The summed E-state index contributed by atoms with van der Waals surface area (Å²) >= 11 is 0. The number of hydrogen-bond acceptors (Lipinski definition) is 7. The summed E-state index contributed by atoms with van der Waals surface area (Å²) in [5.41, 5.74) is 0.309. The Morgan fingerprint density at radius 2 is 1.67 bits per heavy atom. The summed E-state index contributed by atoms with van der Waals surface area (Å²) in [7, 11) is -2.92. The molecule has 182 valence electrons. The molecule has 0 radical (unpaired) electrons. The first kappa shape index (κ1) is 26.4. The Labute approximate surface area is 195 Å². The number of ether oxygens (including phenoxy) is 2. The van der Waals surface area contributed by atoms with Crippen molar-refractivity contribution in [2.75, 3.05) is 44.9 Å². The van der Waals surface area contributed by atoms with Crippen molar-refractivity contribution in [1.29, 1.82) is 0 Å². The van der Waals surface area contributed by atoms with Crippen molar-refractivity contribution in [2.24, 2.45) is 0 Å². The number of anilines is 1. The van der Waals surface area contributed by atoms with Crippen LogP contribution in [0.3, 0.4) is 0 Å². The summed E-state index contributed by atoms with van der Waals surface area (Å²) < 4.78 is 61.7. The molecule has 0 bridgehead atoms. The van der Waals surface area contributed by atoms with Crippen LogP contribution < -0.4 is 19.1 Å². The minimum absolute atomic E-state index is 0.107. The normalized spacial score (nSPS) is 12.8. The van der Waals surface area contributed by atoms with E-state index in [-0.39, 0.29) is 18.0 Å². The van der Waals surface area contributed by atoms with Crippen molar-refractivity contribution in [3.63, 3.8) is 0 Å². The molecule has 0 spiro atoms. The van der Waals surface area contributed by atoms with Gasteiger partial charge in [0, 0.05) is 20.2 Å². The van der Waals surface area contributed by atoms with Crippen LogP contribution in [0.4, 0.5) is 5.69 Å². The fraction of sp³-hybridized carbons (Fsp3) is 0.381. The van der Waals surface area contributed by atoms with E-state index in [1.807, 2.05) is 0 Å². The molecule has 2 rings (SSSR count). The third kappa shape index (κ3) is 6.83. The van der Waals surface area contributed by atoms with Crippen LogP contribution in [0.1, 0.15) is 6.92 Å². The highest BCUT2D eigenvalue weighted by Crippen LogP contribution is 2.25. The van der Waals surface area contributed by atoms with Crippen molar-refractivity contribution < 1.29 is 31.1 Å². The van der Waals surface area contributed by atoms with E-state index in [2.05, 4.69) is 5.32 Å². The van der Waals surface area contributed by atoms with Crippen molar-refractivity contribution >= 4 is 31.6 Å². The molecule has 0 aromatic heterocycles. The topological polar surface area (TPSA) is 122 Å². The third-order valence-electron chi connectivity index (χ3n) is 4.67. The number of benzene rings is 2. The molecule has 0 heterocycles. The average Bonchev–Trinajstić information content (AvgIpc) is 2.76. The number of sulfonamides is 2. The Balaban J connectivity index is 1.97. The van der Waals surface area contributed by atoms with Crippen molar-refractivity contribution in [3.05, 3.63) is 48.5 Å². The highest BCUT2D eigenvalue weighted by Gasteiger charge is 2.29. The largest absolute Gasteiger partial charge is 0.497 e. The monoisotopic (exact) mass is 499 g/mol. The van der Waals surface area contributed by atoms with Gasteiger partial charge in [-0.3, -0.25) is 9.10 Å². The molecule has 0 saturated carbocycles. The van der Waals surface area contributed by atoms with Crippen molar-refractivity contribution in [2.45, 2.75) is 17.9 Å². The minimum Gasteiger partial charge on any atom is -0.497 e. The Hall–Kier alpha value is -2.83. The SMILES string of the molecule is COc1cccc(N([C@@H](C)C(=O)NCCOc2ccc(S(=O)(=O)N(C)C)cc2)S(C)(=O)=O)c1. The fourth-order valence-corrected chi connectivity index (χ4v) is 5.03. The Kier molecular flexibility index (Phi) is 8.69. The molecule has 0 unspecified atom stereocenters. The first-order chi connectivity index (χ1) is 15.4. The highest BCUT2D eigenvalue weighted by atomic mass is 32.2. The molecule has 0 fully saturated rings. The number of carbonyl (C=O) groups excluding carboxylic acids is 1. The van der Waals surface area contributed by atoms with Gasteiger partial charge in [0.1, 0.15) is 24.1 Å². The number of nitrogens with one attached hydrogen (secondary N) is 1. The third-order valence-corrected chi connectivity index (χ3v) is 7.74. The van der Waals surface area contributed by atoms with Gasteiger partial charge in [0.15, 0.2) is 0 Å². The van der Waals surface area contributed by atoms with E-state index in [0.717, 1.165) is 14.9 Å². The molecule has 0 aliphatic heterocycles. The second-order valence-corrected chi connectivity index (χ2v) is 11.3. The van der Waals surface area contributed by atoms with E-state index in [9.17, 15) is 21.6 Å². The number of methoxy groups -OCH3 is 1. The number of rotatable bonds is 11. The number of nitrogens with zero attached hydrogens (tertiary/aromatic N) is 2. The van der Waals surface area contributed by atoms with Crippen molar-refractivity contribution in [3.8, 4) is 11.5 Å². The summed E-state index contributed by atoms with van der Waals surface area (Å²) in [6.45, 7) is 1.72. The Morgan fingerprint density at radius 3 is 2.21 bits per heavy atom. The lowest BCUT2D eigenvalue weighted by atomic mass is 10.2. The van der Waals surface area contributed by atoms with Crippen LogP contribution in [-0.2, 0) is 24.8 Å². The van der Waals surface area contributed by atoms with E-state index < -0.39 is 32.0 Å². The molecule has 33 heavy (non-hydrogen) atoms. The van der Waals surface area contributed by atoms with Gasteiger partial charge in [-0.1, -0.05) is 6.07 Å². The number of amides is 1. The van der Waals surface area contributed by atoms with Crippen LogP contribution in [0, 0.1) is 0 Å². The highest BCUT2D eigenvalue weighted by molar-refractivity contribution is 7.92. The number of hydrogen-bond donors (Lipinski definition) is 1. The van der Waals surface area contributed by atoms with Crippen LogP contribution in [0.5, 0.6) is 11.5 Å². The molecule has 0 aliphatic rings. The molecule has 1 atom stereocenters. The van der Waals surface area contributed by atoms with Gasteiger partial charge in [-0.2, -0.15) is 0 Å². The molecule has 1 N–H and O–H groups in total. The predicted molar refractivity (Wildman–Crippen MR) is 126 cm³/mol. The minimum atomic E-state index is -3.75. The second kappa shape index (κ2) is 10.9. The maximum Gasteiger partial charge on any atom is 0.243 e. The molecule has 0 aliphatic carbocycles. The van der Waals surface area contributed by atoms with Gasteiger partial charge in [0.25, 0.3) is 0 Å². The van der Waals surface area contributed by atoms with E-state index in [4.69, 9.17) is 9.47 Å². The smallest absolute Gasteiger partial charge is 0.243 e. The van der Waals surface area contributed by atoms with E-state index >= 15 is 0 Å². The van der Waals surface area contributed by atoms with Gasteiger partial charge < -0.3 is 14.8 Å². The fourth-order valence-electron chi connectivity index (χ4n) is 2.97. The maximum absolute atomic E-state index is 12.6. The molecule has 10 nitrogen and oxygen atoms in total. The van der Waals surface area contributed by atoms with Crippen LogP contribution in [0.25, 0.3) is 0 Å². The second-order valence-electron chi connectivity index (χ2n) is 7.33. The predicted octanol–water partition coefficient (Wildman–Crippen LogP) is 1.30. The zero-order valence-electron chi connectivity index (χ0n) is 19.2. The molecule has 2 aromatic rings. The van der Waals surface area contributed by atoms with Crippen molar-refractivity contribution in [1.82, 2.24) is 9.62 Å². The van der Waals surface area contributed by atoms with Gasteiger partial charge >= 0.3 is 0 Å². The van der Waals surface area contributed by atoms with Crippen LogP contribution in [0.2, 0.25) is 0 Å². The summed E-state index contributed by atoms with van der Waals surface area (Å²) in [5, 5.41) is 2.65. The summed E-state index contributed by atoms with van der Waals surface area (Å²) in [6, 6.07) is 11.3. The lowest BCUT2D eigenvalue weighted by Gasteiger charge is -2.28. The van der Waals surface area contributed by atoms with Gasteiger partial charge in [-0.15, -0.1) is 0 Å². The molecular weight excluding hydrogens is 470 g/mol. The van der Waals surface area contributed by atoms with Crippen LogP contribution in [0.15, 0.2) is 53.4 Å². The number of carbonyl (C=O) groups is 1. The van der Waals surface area contributed by atoms with E-state index in [1.165, 1.54) is 58.5 Å². The lowest BCUT2D eigenvalue weighted by Crippen LogP contribution is -2.48. The first-order valence-corrected chi connectivity index (χ1v) is 13.2. The Morgan fingerprint density at radius 1 is 1.03 bits per heavy atom. The van der Waals surface area contributed by atoms with Gasteiger partial charge in [-0.05, 0) is 43.3 Å². The van der Waals surface area contributed by atoms with Gasteiger partial charge in [0.2, 0.25) is 26.0 Å². The molecule has 12 heteroatoms. The summed E-state index contributed by atoms with van der Waals surface area (Å²) in [6.07, 6.45) is 1.03.